The molecule has 0 saturated carbocycles. The van der Waals surface area contributed by atoms with Gasteiger partial charge in [-0.15, -0.1) is 0 Å². The Morgan fingerprint density at radius 1 is 1.17 bits per heavy atom. The number of nitriles is 1. The van der Waals surface area contributed by atoms with Gasteiger partial charge < -0.3 is 14.5 Å². The highest BCUT2D eigenvalue weighted by molar-refractivity contribution is 6.02. The minimum Gasteiger partial charge on any atom is -0.449 e. The number of fused-ring (bicyclic) bond motifs is 1. The number of rotatable bonds is 5. The summed E-state index contributed by atoms with van der Waals surface area (Å²) < 4.78 is 5.10. The van der Waals surface area contributed by atoms with Gasteiger partial charge in [0.25, 0.3) is 0 Å². The van der Waals surface area contributed by atoms with E-state index in [-0.39, 0.29) is 12.2 Å². The number of pyridine rings is 2. The van der Waals surface area contributed by atoms with Crippen LogP contribution in [0.5, 0.6) is 0 Å². The molecule has 11 heteroatoms. The van der Waals surface area contributed by atoms with Crippen LogP contribution in [-0.2, 0) is 17.7 Å². The van der Waals surface area contributed by atoms with Crippen molar-refractivity contribution in [1.29, 1.82) is 5.26 Å². The summed E-state index contributed by atoms with van der Waals surface area (Å²) in [4.78, 5) is 51.2. The quantitative estimate of drug-likeness (QED) is 0.634. The summed E-state index contributed by atoms with van der Waals surface area (Å²) in [5, 5.41) is 12.3. The number of hydrogen-bond acceptors (Lipinski definition) is 8. The number of ether oxygens (including phenoxy) is 1. The fourth-order valence-corrected chi connectivity index (χ4v) is 4.93. The van der Waals surface area contributed by atoms with Crippen molar-refractivity contribution in [2.75, 3.05) is 47.9 Å². The van der Waals surface area contributed by atoms with Gasteiger partial charge in [-0.25, -0.2) is 19.6 Å². The van der Waals surface area contributed by atoms with Gasteiger partial charge in [-0.2, -0.15) is 5.26 Å². The summed E-state index contributed by atoms with van der Waals surface area (Å²) in [6, 6.07) is 5.36. The number of urea groups is 1. The van der Waals surface area contributed by atoms with Gasteiger partial charge in [0.05, 0.1) is 24.4 Å². The van der Waals surface area contributed by atoms with E-state index in [0.29, 0.717) is 55.2 Å². The zero-order chi connectivity index (χ0) is 25.1. The number of nitrogens with one attached hydrogen (secondary N) is 1. The Balaban J connectivity index is 1.38. The molecule has 3 aliphatic rings. The van der Waals surface area contributed by atoms with Crippen LogP contribution >= 0.6 is 0 Å². The third-order valence-electron chi connectivity index (χ3n) is 6.73. The van der Waals surface area contributed by atoms with Gasteiger partial charge in [0, 0.05) is 44.0 Å². The number of cyclic esters (lactones) is 1. The number of aryl methyl sites for hydroxylation is 1. The summed E-state index contributed by atoms with van der Waals surface area (Å²) in [5.74, 6) is 0.781. The molecule has 0 bridgehead atoms. The maximum absolute atomic E-state index is 13.3. The smallest absolute Gasteiger partial charge is 0.410 e. The first-order valence-electron chi connectivity index (χ1n) is 12.2. The summed E-state index contributed by atoms with van der Waals surface area (Å²) >= 11 is 0. The van der Waals surface area contributed by atoms with E-state index in [2.05, 4.69) is 26.3 Å². The lowest BCUT2D eigenvalue weighted by Gasteiger charge is -2.30. The number of nitrogens with zero attached hydrogens (tertiary/aromatic N) is 6. The van der Waals surface area contributed by atoms with Crippen LogP contribution in [0.3, 0.4) is 0 Å². The SMILES string of the molecule is N#Cc1cnc(NC(=O)N2CCCc3cc(CN4CCCOC4=O)c(C=O)nc32)cc1N1CCCC1. The molecule has 11 nitrogen and oxygen atoms in total. The molecule has 0 aromatic carbocycles. The molecule has 3 aliphatic heterocycles. The fraction of sp³-hybridized carbons (Fsp3) is 0.440. The third-order valence-corrected chi connectivity index (χ3v) is 6.73. The van der Waals surface area contributed by atoms with E-state index in [9.17, 15) is 19.6 Å². The van der Waals surface area contributed by atoms with Crippen LogP contribution in [0, 0.1) is 11.3 Å². The second-order valence-electron chi connectivity index (χ2n) is 9.10. The lowest BCUT2D eigenvalue weighted by molar-refractivity contribution is 0.0698. The molecule has 2 aromatic heterocycles. The lowest BCUT2D eigenvalue weighted by Crippen LogP contribution is -2.40. The topological polar surface area (TPSA) is 132 Å². The van der Waals surface area contributed by atoms with Gasteiger partial charge in [0.2, 0.25) is 0 Å². The van der Waals surface area contributed by atoms with Crippen molar-refractivity contribution in [2.45, 2.75) is 38.6 Å². The molecule has 0 radical (unpaired) electrons. The van der Waals surface area contributed by atoms with Crippen LogP contribution < -0.4 is 15.1 Å². The standard InChI is InChI=1S/C25H27N7O4/c26-13-19-14-27-22(12-21(19)30-6-1-2-7-30)29-24(34)32-9-3-5-17-11-18(20(16-33)28-23(17)32)15-31-8-4-10-36-25(31)35/h11-12,14,16H,1-10,15H2,(H,27,29,34). The maximum Gasteiger partial charge on any atom is 0.410 e. The number of carbonyl (C=O) groups excluding carboxylic acids is 3. The number of amides is 3. The van der Waals surface area contributed by atoms with E-state index in [4.69, 9.17) is 4.74 Å². The number of carbonyl (C=O) groups is 3. The highest BCUT2D eigenvalue weighted by atomic mass is 16.6. The Hall–Kier alpha value is -4.20. The monoisotopic (exact) mass is 489 g/mol. The highest BCUT2D eigenvalue weighted by Gasteiger charge is 2.28. The van der Waals surface area contributed by atoms with Gasteiger partial charge in [0.15, 0.2) is 6.29 Å². The molecule has 0 aliphatic carbocycles. The average molecular weight is 490 g/mol. The molecule has 2 saturated heterocycles. The van der Waals surface area contributed by atoms with Crippen molar-refractivity contribution in [1.82, 2.24) is 14.9 Å². The Morgan fingerprint density at radius 2 is 2.00 bits per heavy atom. The van der Waals surface area contributed by atoms with E-state index in [1.54, 1.807) is 11.0 Å². The van der Waals surface area contributed by atoms with Crippen LogP contribution in [0.4, 0.5) is 26.9 Å². The van der Waals surface area contributed by atoms with E-state index in [1.165, 1.54) is 11.1 Å². The fourth-order valence-electron chi connectivity index (χ4n) is 4.93. The van der Waals surface area contributed by atoms with Crippen LogP contribution in [-0.4, -0.2) is 66.1 Å². The van der Waals surface area contributed by atoms with Crippen LogP contribution in [0.2, 0.25) is 0 Å². The molecule has 1 N–H and O–H groups in total. The summed E-state index contributed by atoms with van der Waals surface area (Å²) in [6.45, 7) is 3.35. The van der Waals surface area contributed by atoms with Crippen molar-refractivity contribution in [3.8, 4) is 6.07 Å². The molecule has 2 aromatic rings. The van der Waals surface area contributed by atoms with Crippen molar-refractivity contribution in [2.24, 2.45) is 0 Å². The summed E-state index contributed by atoms with van der Waals surface area (Å²) in [5.41, 5.74) is 2.91. The first-order valence-corrected chi connectivity index (χ1v) is 12.2. The number of aldehydes is 1. The molecule has 3 amide bonds. The number of hydrogen-bond donors (Lipinski definition) is 1. The van der Waals surface area contributed by atoms with Gasteiger partial charge in [-0.05, 0) is 43.7 Å². The minimum absolute atomic E-state index is 0.194. The van der Waals surface area contributed by atoms with Gasteiger partial charge >= 0.3 is 12.1 Å². The largest absolute Gasteiger partial charge is 0.449 e. The molecule has 36 heavy (non-hydrogen) atoms. The average Bonchev–Trinajstić information content (AvgIpc) is 3.44. The van der Waals surface area contributed by atoms with Crippen LogP contribution in [0.25, 0.3) is 0 Å². The summed E-state index contributed by atoms with van der Waals surface area (Å²) in [6.07, 6.45) is 6.02. The molecule has 5 rings (SSSR count). The first kappa shape index (κ1) is 23.5. The highest BCUT2D eigenvalue weighted by Crippen LogP contribution is 2.30. The Kier molecular flexibility index (Phi) is 6.66. The molecule has 186 valence electrons. The van der Waals surface area contributed by atoms with E-state index >= 15 is 0 Å². The van der Waals surface area contributed by atoms with Crippen molar-refractivity contribution in [3.05, 3.63) is 40.7 Å². The van der Waals surface area contributed by atoms with E-state index in [0.717, 1.165) is 50.0 Å². The van der Waals surface area contributed by atoms with E-state index in [1.807, 2.05) is 6.07 Å². The second kappa shape index (κ2) is 10.2. The minimum atomic E-state index is -0.405. The van der Waals surface area contributed by atoms with Crippen LogP contribution in [0.15, 0.2) is 18.3 Å². The molecule has 5 heterocycles. The Bertz CT molecular complexity index is 1240. The Morgan fingerprint density at radius 3 is 2.75 bits per heavy atom. The van der Waals surface area contributed by atoms with Crippen molar-refractivity contribution >= 4 is 35.7 Å². The van der Waals surface area contributed by atoms with E-state index < -0.39 is 12.1 Å². The molecule has 2 fully saturated rings. The number of aromatic nitrogens is 2. The van der Waals surface area contributed by atoms with Crippen LogP contribution in [0.1, 0.15) is 52.9 Å². The van der Waals surface area contributed by atoms with Crippen molar-refractivity contribution < 1.29 is 19.1 Å². The normalized spacial score (nSPS) is 17.3. The third kappa shape index (κ3) is 4.66. The maximum atomic E-state index is 13.3. The Labute approximate surface area is 208 Å². The zero-order valence-electron chi connectivity index (χ0n) is 19.9. The zero-order valence-corrected chi connectivity index (χ0v) is 19.9. The molecule has 0 spiro atoms. The molecule has 0 atom stereocenters. The van der Waals surface area contributed by atoms with Gasteiger partial charge in [-0.3, -0.25) is 15.0 Å². The lowest BCUT2D eigenvalue weighted by atomic mass is 10.0. The van der Waals surface area contributed by atoms with Gasteiger partial charge in [0.1, 0.15) is 23.4 Å². The van der Waals surface area contributed by atoms with Gasteiger partial charge in [-0.1, -0.05) is 0 Å². The van der Waals surface area contributed by atoms with Crippen molar-refractivity contribution in [3.63, 3.8) is 0 Å². The first-order chi connectivity index (χ1) is 17.6. The number of anilines is 3. The molecular formula is C25H27N7O4. The molecule has 0 unspecified atom stereocenters. The predicted molar refractivity (Wildman–Crippen MR) is 131 cm³/mol. The molecular weight excluding hydrogens is 462 g/mol. The second-order valence-corrected chi connectivity index (χ2v) is 9.10. The summed E-state index contributed by atoms with van der Waals surface area (Å²) in [7, 11) is 0. The predicted octanol–water partition coefficient (Wildman–Crippen LogP) is 3.09.